The summed E-state index contributed by atoms with van der Waals surface area (Å²) in [6, 6.07) is 3.23. The molecule has 0 spiro atoms. The van der Waals surface area contributed by atoms with Gasteiger partial charge in [-0.15, -0.1) is 0 Å². The highest BCUT2D eigenvalue weighted by molar-refractivity contribution is 5.46. The predicted molar refractivity (Wildman–Crippen MR) is 128 cm³/mol. The van der Waals surface area contributed by atoms with E-state index in [-0.39, 0.29) is 11.0 Å². The molecular weight excluding hydrogens is 390 g/mol. The second kappa shape index (κ2) is 12.2. The molecule has 1 nitrogen and oxygen atoms in total. The number of hydrogen-bond acceptors (Lipinski definition) is 1. The number of benzene rings is 1. The van der Waals surface area contributed by atoms with Gasteiger partial charge in [-0.25, -0.2) is 8.78 Å². The molecule has 0 aliphatic carbocycles. The fraction of sp³-hybridized carbons (Fsp3) is 0.786. The van der Waals surface area contributed by atoms with Crippen LogP contribution < -0.4 is 4.74 Å². The molecule has 3 atom stereocenters. The Hall–Kier alpha value is -1.12. The van der Waals surface area contributed by atoms with Crippen molar-refractivity contribution in [3.63, 3.8) is 0 Å². The van der Waals surface area contributed by atoms with E-state index >= 15 is 0 Å². The Labute approximate surface area is 190 Å². The first-order chi connectivity index (χ1) is 14.6. The van der Waals surface area contributed by atoms with Gasteiger partial charge >= 0.3 is 0 Å². The third-order valence-electron chi connectivity index (χ3n) is 7.16. The summed E-state index contributed by atoms with van der Waals surface area (Å²) < 4.78 is 32.5. The third kappa shape index (κ3) is 8.73. The van der Waals surface area contributed by atoms with Crippen molar-refractivity contribution >= 4 is 0 Å². The van der Waals surface area contributed by atoms with Crippen molar-refractivity contribution in [2.75, 3.05) is 6.61 Å². The molecular formula is C28H46F2O. The van der Waals surface area contributed by atoms with Crippen LogP contribution >= 0.6 is 0 Å². The topological polar surface area (TPSA) is 9.23 Å². The fourth-order valence-electron chi connectivity index (χ4n) is 5.11. The summed E-state index contributed by atoms with van der Waals surface area (Å²) in [5, 5.41) is 0. The summed E-state index contributed by atoms with van der Waals surface area (Å²) in [6.45, 7) is 14.2. The molecule has 0 saturated carbocycles. The second-order valence-electron chi connectivity index (χ2n) is 11.3. The van der Waals surface area contributed by atoms with Crippen LogP contribution in [-0.4, -0.2) is 6.61 Å². The highest BCUT2D eigenvalue weighted by atomic mass is 19.3. The molecule has 1 heterocycles. The zero-order chi connectivity index (χ0) is 23.0. The van der Waals surface area contributed by atoms with Gasteiger partial charge in [0.1, 0.15) is 5.75 Å². The lowest BCUT2D eigenvalue weighted by molar-refractivity contribution is 0.120. The van der Waals surface area contributed by atoms with E-state index in [2.05, 4.69) is 34.6 Å². The number of ether oxygens (including phenoxy) is 1. The number of rotatable bonds is 13. The van der Waals surface area contributed by atoms with Gasteiger partial charge in [-0.1, -0.05) is 86.0 Å². The summed E-state index contributed by atoms with van der Waals surface area (Å²) in [6.07, 6.45) is 10.1. The van der Waals surface area contributed by atoms with Gasteiger partial charge < -0.3 is 4.74 Å². The molecule has 0 radical (unpaired) electrons. The van der Waals surface area contributed by atoms with Crippen LogP contribution in [0.25, 0.3) is 0 Å². The van der Waals surface area contributed by atoms with Crippen LogP contribution in [0.4, 0.5) is 8.78 Å². The fourth-order valence-corrected chi connectivity index (χ4v) is 5.11. The van der Waals surface area contributed by atoms with Crippen LogP contribution in [0, 0.1) is 30.1 Å². The van der Waals surface area contributed by atoms with Crippen molar-refractivity contribution in [1.29, 1.82) is 0 Å². The molecule has 0 unspecified atom stereocenters. The van der Waals surface area contributed by atoms with Gasteiger partial charge in [-0.05, 0) is 60.8 Å². The number of fused-ring (bicyclic) bond motifs is 1. The molecule has 31 heavy (non-hydrogen) atoms. The standard InChI is InChI=1S/C28H46F2O/c1-20(2)10-7-11-21(3)12-8-13-22(4)14-9-15-28(6)18-25-17-24(27(29)30)16-23(5)26(25)31-19-28/h16-17,20-22,27H,7-15,18-19H2,1-6H3/t21-,22-,28-/m0/s1. The van der Waals surface area contributed by atoms with E-state index in [9.17, 15) is 8.78 Å². The van der Waals surface area contributed by atoms with E-state index in [0.717, 1.165) is 47.5 Å². The Morgan fingerprint density at radius 1 is 0.903 bits per heavy atom. The van der Waals surface area contributed by atoms with Gasteiger partial charge in [0, 0.05) is 11.0 Å². The van der Waals surface area contributed by atoms with E-state index in [1.165, 1.54) is 51.4 Å². The quantitative estimate of drug-likeness (QED) is 0.299. The highest BCUT2D eigenvalue weighted by Crippen LogP contribution is 2.41. The molecule has 1 aliphatic rings. The van der Waals surface area contributed by atoms with Crippen molar-refractivity contribution in [2.45, 2.75) is 112 Å². The first-order valence-corrected chi connectivity index (χ1v) is 12.6. The lowest BCUT2D eigenvalue weighted by atomic mass is 9.77. The molecule has 178 valence electrons. The van der Waals surface area contributed by atoms with E-state index in [4.69, 9.17) is 4.74 Å². The molecule has 0 amide bonds. The zero-order valence-corrected chi connectivity index (χ0v) is 20.9. The number of aryl methyl sites for hydroxylation is 1. The second-order valence-corrected chi connectivity index (χ2v) is 11.3. The average Bonchev–Trinajstić information content (AvgIpc) is 2.67. The maximum absolute atomic E-state index is 13.2. The van der Waals surface area contributed by atoms with Crippen molar-refractivity contribution in [3.8, 4) is 5.75 Å². The Balaban J connectivity index is 1.71. The van der Waals surface area contributed by atoms with Crippen LogP contribution in [0.1, 0.15) is 116 Å². The Kier molecular flexibility index (Phi) is 10.3. The van der Waals surface area contributed by atoms with Crippen LogP contribution in [0.2, 0.25) is 0 Å². The van der Waals surface area contributed by atoms with Crippen molar-refractivity contribution in [3.05, 3.63) is 28.8 Å². The normalized spacial score (nSPS) is 20.6. The minimum Gasteiger partial charge on any atom is -0.492 e. The molecule has 1 aliphatic heterocycles. The highest BCUT2D eigenvalue weighted by Gasteiger charge is 2.32. The van der Waals surface area contributed by atoms with E-state index in [0.29, 0.717) is 6.61 Å². The smallest absolute Gasteiger partial charge is 0.263 e. The molecule has 0 fully saturated rings. The molecule has 0 saturated heterocycles. The Morgan fingerprint density at radius 2 is 1.48 bits per heavy atom. The van der Waals surface area contributed by atoms with Crippen molar-refractivity contribution in [1.82, 2.24) is 0 Å². The zero-order valence-electron chi connectivity index (χ0n) is 20.9. The molecule has 0 N–H and O–H groups in total. The molecule has 0 bridgehead atoms. The summed E-state index contributed by atoms with van der Waals surface area (Å²) in [5.74, 6) is 3.27. The van der Waals surface area contributed by atoms with Crippen LogP contribution in [0.3, 0.4) is 0 Å². The Morgan fingerprint density at radius 3 is 2.06 bits per heavy atom. The summed E-state index contributed by atoms with van der Waals surface area (Å²) in [7, 11) is 0. The van der Waals surface area contributed by atoms with Gasteiger partial charge in [0.05, 0.1) is 6.61 Å². The summed E-state index contributed by atoms with van der Waals surface area (Å²) >= 11 is 0. The third-order valence-corrected chi connectivity index (χ3v) is 7.16. The first-order valence-electron chi connectivity index (χ1n) is 12.6. The molecule has 1 aromatic carbocycles. The maximum Gasteiger partial charge on any atom is 0.263 e. The van der Waals surface area contributed by atoms with Crippen LogP contribution in [0.5, 0.6) is 5.75 Å². The molecule has 1 aromatic rings. The van der Waals surface area contributed by atoms with Crippen LogP contribution in [-0.2, 0) is 6.42 Å². The number of hydrogen-bond donors (Lipinski definition) is 0. The molecule has 3 heteroatoms. The van der Waals surface area contributed by atoms with Gasteiger partial charge in [0.15, 0.2) is 0 Å². The van der Waals surface area contributed by atoms with Crippen LogP contribution in [0.15, 0.2) is 12.1 Å². The summed E-state index contributed by atoms with van der Waals surface area (Å²) in [5.41, 5.74) is 1.96. The van der Waals surface area contributed by atoms with Gasteiger partial charge in [0.2, 0.25) is 0 Å². The van der Waals surface area contributed by atoms with E-state index in [1.807, 2.05) is 6.92 Å². The lowest BCUT2D eigenvalue weighted by Gasteiger charge is -2.36. The van der Waals surface area contributed by atoms with Gasteiger partial charge in [-0.2, -0.15) is 0 Å². The largest absolute Gasteiger partial charge is 0.492 e. The molecule has 2 rings (SSSR count). The van der Waals surface area contributed by atoms with Gasteiger partial charge in [-0.3, -0.25) is 0 Å². The molecule has 0 aromatic heterocycles. The maximum atomic E-state index is 13.2. The Bertz CT molecular complexity index is 669. The number of alkyl halides is 2. The SMILES string of the molecule is Cc1cc(C(F)F)cc2c1OC[C@@](C)(CCC[C@@H](C)CCC[C@@H](C)CCCC(C)C)C2. The number of halogens is 2. The average molecular weight is 437 g/mol. The van der Waals surface area contributed by atoms with E-state index < -0.39 is 6.43 Å². The first kappa shape index (κ1) is 26.1. The minimum absolute atomic E-state index is 0.0465. The van der Waals surface area contributed by atoms with Crippen molar-refractivity contribution in [2.24, 2.45) is 23.2 Å². The van der Waals surface area contributed by atoms with E-state index in [1.54, 1.807) is 12.1 Å². The lowest BCUT2D eigenvalue weighted by Crippen LogP contribution is -2.32. The minimum atomic E-state index is -2.42. The summed E-state index contributed by atoms with van der Waals surface area (Å²) in [4.78, 5) is 0. The monoisotopic (exact) mass is 436 g/mol. The predicted octanol–water partition coefficient (Wildman–Crippen LogP) is 9.31. The van der Waals surface area contributed by atoms with Gasteiger partial charge in [0.25, 0.3) is 6.43 Å². The van der Waals surface area contributed by atoms with Crippen molar-refractivity contribution < 1.29 is 13.5 Å².